The Morgan fingerprint density at radius 1 is 1.07 bits per heavy atom. The minimum absolute atomic E-state index is 0.0293. The Hall–Kier alpha value is -2.70. The molecule has 1 saturated heterocycles. The topological polar surface area (TPSA) is 72.5 Å². The summed E-state index contributed by atoms with van der Waals surface area (Å²) in [5.41, 5.74) is 0.718. The van der Waals surface area contributed by atoms with E-state index in [-0.39, 0.29) is 23.6 Å². The van der Waals surface area contributed by atoms with E-state index < -0.39 is 0 Å². The van der Waals surface area contributed by atoms with Crippen LogP contribution < -0.4 is 5.69 Å². The minimum atomic E-state index is -0.339. The lowest BCUT2D eigenvalue weighted by Gasteiger charge is -2.20. The van der Waals surface area contributed by atoms with Crippen LogP contribution in [0.4, 0.5) is 0 Å². The fraction of sp³-hybridized carbons (Fsp3) is 0.524. The van der Waals surface area contributed by atoms with Crippen molar-refractivity contribution in [3.8, 4) is 0 Å². The molecule has 4 rings (SSSR count). The predicted molar refractivity (Wildman–Crippen MR) is 109 cm³/mol. The lowest BCUT2D eigenvalue weighted by molar-refractivity contribution is -0.132. The SMILES string of the molecule is CC(C)(C)c1nc2ccccc2c2nn(CC(=O)N3CCCCCC3)c(=O)n12. The zero-order valence-electron chi connectivity index (χ0n) is 16.8. The van der Waals surface area contributed by atoms with Crippen molar-refractivity contribution in [2.45, 2.75) is 58.4 Å². The number of aromatic nitrogens is 4. The zero-order valence-corrected chi connectivity index (χ0v) is 16.8. The fourth-order valence-electron chi connectivity index (χ4n) is 3.85. The lowest BCUT2D eigenvalue weighted by atomic mass is 9.95. The van der Waals surface area contributed by atoms with Gasteiger partial charge >= 0.3 is 5.69 Å². The molecule has 0 spiro atoms. The lowest BCUT2D eigenvalue weighted by Crippen LogP contribution is -2.37. The number of amides is 1. The second-order valence-corrected chi connectivity index (χ2v) is 8.60. The van der Waals surface area contributed by atoms with Gasteiger partial charge in [-0.15, -0.1) is 5.10 Å². The third-order valence-corrected chi connectivity index (χ3v) is 5.34. The van der Waals surface area contributed by atoms with Gasteiger partial charge in [-0.2, -0.15) is 0 Å². The molecule has 0 radical (unpaired) electrons. The van der Waals surface area contributed by atoms with Crippen molar-refractivity contribution in [1.29, 1.82) is 0 Å². The van der Waals surface area contributed by atoms with Gasteiger partial charge in [-0.05, 0) is 25.0 Å². The first kappa shape index (κ1) is 18.7. The molecule has 1 aliphatic heterocycles. The van der Waals surface area contributed by atoms with Crippen molar-refractivity contribution in [3.63, 3.8) is 0 Å². The summed E-state index contributed by atoms with van der Waals surface area (Å²) in [6.07, 6.45) is 4.36. The number of para-hydroxylation sites is 1. The van der Waals surface area contributed by atoms with E-state index in [0.717, 1.165) is 49.7 Å². The Bertz CT molecular complexity index is 1080. The van der Waals surface area contributed by atoms with Gasteiger partial charge in [0.1, 0.15) is 12.4 Å². The molecule has 0 bridgehead atoms. The monoisotopic (exact) mass is 381 g/mol. The summed E-state index contributed by atoms with van der Waals surface area (Å²) >= 11 is 0. The van der Waals surface area contributed by atoms with Gasteiger partial charge in [-0.25, -0.2) is 18.9 Å². The highest BCUT2D eigenvalue weighted by atomic mass is 16.2. The van der Waals surface area contributed by atoms with Gasteiger partial charge in [0.25, 0.3) is 0 Å². The molecule has 2 aromatic heterocycles. The second kappa shape index (κ2) is 7.04. The molecule has 28 heavy (non-hydrogen) atoms. The quantitative estimate of drug-likeness (QED) is 0.684. The molecular formula is C21H27N5O2. The van der Waals surface area contributed by atoms with Crippen molar-refractivity contribution in [2.75, 3.05) is 13.1 Å². The summed E-state index contributed by atoms with van der Waals surface area (Å²) in [5.74, 6) is 0.613. The van der Waals surface area contributed by atoms with Crippen LogP contribution >= 0.6 is 0 Å². The molecule has 0 unspecified atom stereocenters. The van der Waals surface area contributed by atoms with E-state index in [0.29, 0.717) is 11.5 Å². The maximum Gasteiger partial charge on any atom is 0.352 e. The highest BCUT2D eigenvalue weighted by Crippen LogP contribution is 2.24. The number of hydrogen-bond acceptors (Lipinski definition) is 4. The van der Waals surface area contributed by atoms with E-state index in [9.17, 15) is 9.59 Å². The third kappa shape index (κ3) is 3.30. The van der Waals surface area contributed by atoms with Crippen molar-refractivity contribution < 1.29 is 4.79 Å². The molecule has 1 amide bonds. The smallest absolute Gasteiger partial charge is 0.341 e. The Kier molecular flexibility index (Phi) is 4.69. The number of likely N-dealkylation sites (tertiary alicyclic amines) is 1. The van der Waals surface area contributed by atoms with E-state index in [2.05, 4.69) is 5.10 Å². The van der Waals surface area contributed by atoms with Gasteiger partial charge < -0.3 is 4.90 Å². The standard InChI is InChI=1S/C21H27N5O2/c1-21(2,3)19-22-16-11-7-6-10-15(16)18-23-25(20(28)26(18)19)14-17(27)24-12-8-4-5-9-13-24/h6-7,10-11H,4-5,8-9,12-14H2,1-3H3. The molecule has 7 nitrogen and oxygen atoms in total. The summed E-state index contributed by atoms with van der Waals surface area (Å²) in [6.45, 7) is 7.57. The summed E-state index contributed by atoms with van der Waals surface area (Å²) in [7, 11) is 0. The highest BCUT2D eigenvalue weighted by molar-refractivity contribution is 5.91. The van der Waals surface area contributed by atoms with Gasteiger partial charge in [0.2, 0.25) is 5.91 Å². The maximum atomic E-state index is 13.2. The van der Waals surface area contributed by atoms with E-state index >= 15 is 0 Å². The van der Waals surface area contributed by atoms with Gasteiger partial charge in [0.15, 0.2) is 5.65 Å². The van der Waals surface area contributed by atoms with Crippen LogP contribution in [0.5, 0.6) is 0 Å². The van der Waals surface area contributed by atoms with Crippen LogP contribution in [0.25, 0.3) is 16.6 Å². The Labute approximate surface area is 164 Å². The van der Waals surface area contributed by atoms with Gasteiger partial charge in [0.05, 0.1) is 5.52 Å². The largest absolute Gasteiger partial charge is 0.352 e. The van der Waals surface area contributed by atoms with Crippen molar-refractivity contribution >= 4 is 22.5 Å². The number of carbonyl (C=O) groups is 1. The molecule has 1 aromatic carbocycles. The molecule has 148 valence electrons. The number of rotatable bonds is 2. The summed E-state index contributed by atoms with van der Waals surface area (Å²) < 4.78 is 2.87. The Morgan fingerprint density at radius 2 is 1.75 bits per heavy atom. The van der Waals surface area contributed by atoms with Crippen molar-refractivity contribution in [1.82, 2.24) is 24.1 Å². The molecule has 7 heteroatoms. The second-order valence-electron chi connectivity index (χ2n) is 8.60. The van der Waals surface area contributed by atoms with E-state index in [4.69, 9.17) is 4.98 Å². The first-order chi connectivity index (χ1) is 13.4. The Balaban J connectivity index is 1.82. The third-order valence-electron chi connectivity index (χ3n) is 5.34. The normalized spacial score (nSPS) is 15.9. The molecule has 0 saturated carbocycles. The van der Waals surface area contributed by atoms with Gasteiger partial charge in [-0.3, -0.25) is 4.79 Å². The number of benzene rings is 1. The molecule has 0 aliphatic carbocycles. The first-order valence-electron chi connectivity index (χ1n) is 10.0. The maximum absolute atomic E-state index is 13.2. The minimum Gasteiger partial charge on any atom is -0.341 e. The van der Waals surface area contributed by atoms with Crippen LogP contribution in [-0.4, -0.2) is 43.1 Å². The number of fused-ring (bicyclic) bond motifs is 3. The zero-order chi connectivity index (χ0) is 19.9. The molecule has 1 fully saturated rings. The Morgan fingerprint density at radius 3 is 2.43 bits per heavy atom. The first-order valence-corrected chi connectivity index (χ1v) is 10.0. The molecular weight excluding hydrogens is 354 g/mol. The van der Waals surface area contributed by atoms with Crippen LogP contribution in [0.3, 0.4) is 0 Å². The van der Waals surface area contributed by atoms with E-state index in [1.807, 2.05) is 49.9 Å². The fourth-order valence-corrected chi connectivity index (χ4v) is 3.85. The summed E-state index contributed by atoms with van der Waals surface area (Å²) in [4.78, 5) is 32.6. The van der Waals surface area contributed by atoms with Crippen LogP contribution in [0.2, 0.25) is 0 Å². The average Bonchev–Trinajstić information content (AvgIpc) is 2.85. The van der Waals surface area contributed by atoms with Crippen LogP contribution in [0.15, 0.2) is 29.1 Å². The highest BCUT2D eigenvalue weighted by Gasteiger charge is 2.25. The molecule has 0 atom stereocenters. The molecule has 1 aliphatic rings. The van der Waals surface area contributed by atoms with Crippen LogP contribution in [0.1, 0.15) is 52.3 Å². The molecule has 0 N–H and O–H groups in total. The molecule has 3 heterocycles. The number of carbonyl (C=O) groups excluding carboxylic acids is 1. The molecule has 3 aromatic rings. The number of nitrogens with zero attached hydrogens (tertiary/aromatic N) is 5. The van der Waals surface area contributed by atoms with E-state index in [1.54, 1.807) is 4.40 Å². The van der Waals surface area contributed by atoms with Crippen LogP contribution in [-0.2, 0) is 16.8 Å². The summed E-state index contributed by atoms with van der Waals surface area (Å²) in [5, 5.41) is 5.37. The van der Waals surface area contributed by atoms with Gasteiger partial charge in [-0.1, -0.05) is 45.7 Å². The number of hydrogen-bond donors (Lipinski definition) is 0. The summed E-state index contributed by atoms with van der Waals surface area (Å²) in [6, 6.07) is 7.68. The van der Waals surface area contributed by atoms with Gasteiger partial charge in [0, 0.05) is 23.9 Å². The van der Waals surface area contributed by atoms with Crippen LogP contribution in [0, 0.1) is 0 Å². The predicted octanol–water partition coefficient (Wildman–Crippen LogP) is 2.74. The average molecular weight is 381 g/mol. The van der Waals surface area contributed by atoms with Crippen molar-refractivity contribution in [2.24, 2.45) is 0 Å². The van der Waals surface area contributed by atoms with E-state index in [1.165, 1.54) is 4.68 Å². The van der Waals surface area contributed by atoms with Crippen molar-refractivity contribution in [3.05, 3.63) is 40.6 Å².